The number of hydrogen-bond donors (Lipinski definition) is 4. The maximum atomic E-state index is 14.2. The maximum absolute atomic E-state index is 14.2. The summed E-state index contributed by atoms with van der Waals surface area (Å²) in [4.78, 5) is 37.1. The summed E-state index contributed by atoms with van der Waals surface area (Å²) < 4.78 is 21.5. The average molecular weight is 659 g/mol. The number of nitrogens with zero attached hydrogens (tertiary/aromatic N) is 2. The first-order valence-corrected chi connectivity index (χ1v) is 15.3. The summed E-state index contributed by atoms with van der Waals surface area (Å²) in [6.07, 6.45) is 3.50. The van der Waals surface area contributed by atoms with Crippen molar-refractivity contribution in [3.05, 3.63) is 94.6 Å². The lowest BCUT2D eigenvalue weighted by Gasteiger charge is -2.27. The SMILES string of the molecule is COc1cc(C[C@H](C(=O)NCc2cc(C)ccn2)[C@@H](Cc2cc(OC)c(O)c(OC)c2)C(=O)NCc2cc(C)ccn2)cc(OC)c1O. The molecule has 2 aromatic heterocycles. The first-order valence-electron chi connectivity index (χ1n) is 15.3. The van der Waals surface area contributed by atoms with Crippen LogP contribution in [0.15, 0.2) is 60.9 Å². The molecule has 0 aliphatic heterocycles. The summed E-state index contributed by atoms with van der Waals surface area (Å²) in [5.41, 5.74) is 4.49. The Bertz CT molecular complexity index is 1570. The van der Waals surface area contributed by atoms with Gasteiger partial charge in [0.25, 0.3) is 0 Å². The fourth-order valence-corrected chi connectivity index (χ4v) is 5.48. The van der Waals surface area contributed by atoms with Crippen LogP contribution in [0.3, 0.4) is 0 Å². The number of pyridine rings is 2. The molecule has 4 rings (SSSR count). The highest BCUT2D eigenvalue weighted by molar-refractivity contribution is 5.88. The molecule has 0 spiro atoms. The summed E-state index contributed by atoms with van der Waals surface area (Å²) in [5, 5.41) is 27.1. The zero-order valence-electron chi connectivity index (χ0n) is 28.0. The number of aromatic hydroxyl groups is 2. The van der Waals surface area contributed by atoms with Crippen LogP contribution in [0, 0.1) is 25.7 Å². The molecule has 0 aliphatic rings. The molecular formula is C36H42N4O8. The van der Waals surface area contributed by atoms with Gasteiger partial charge >= 0.3 is 0 Å². The van der Waals surface area contributed by atoms with Crippen molar-refractivity contribution in [3.8, 4) is 34.5 Å². The Morgan fingerprint density at radius 2 is 0.958 bits per heavy atom. The quantitative estimate of drug-likeness (QED) is 0.146. The van der Waals surface area contributed by atoms with E-state index in [1.165, 1.54) is 28.4 Å². The predicted molar refractivity (Wildman–Crippen MR) is 178 cm³/mol. The summed E-state index contributed by atoms with van der Waals surface area (Å²) >= 11 is 0. The second-order valence-corrected chi connectivity index (χ2v) is 11.4. The number of hydrogen-bond acceptors (Lipinski definition) is 10. The first kappa shape index (κ1) is 35.3. The van der Waals surface area contributed by atoms with Crippen LogP contribution in [0.5, 0.6) is 34.5 Å². The molecule has 0 fully saturated rings. The van der Waals surface area contributed by atoms with Gasteiger partial charge in [0.05, 0.1) is 64.8 Å². The van der Waals surface area contributed by atoms with Crippen molar-refractivity contribution in [1.82, 2.24) is 20.6 Å². The monoisotopic (exact) mass is 658 g/mol. The van der Waals surface area contributed by atoms with E-state index in [1.54, 1.807) is 36.7 Å². The number of carbonyl (C=O) groups excluding carboxylic acids is 2. The van der Waals surface area contributed by atoms with Crippen molar-refractivity contribution in [2.45, 2.75) is 39.8 Å². The minimum atomic E-state index is -0.940. The molecule has 12 nitrogen and oxygen atoms in total. The molecule has 2 heterocycles. The molecule has 2 atom stereocenters. The van der Waals surface area contributed by atoms with Gasteiger partial charge in [-0.3, -0.25) is 19.6 Å². The molecule has 0 unspecified atom stereocenters. The van der Waals surface area contributed by atoms with Crippen molar-refractivity contribution < 1.29 is 38.7 Å². The fraction of sp³-hybridized carbons (Fsp3) is 0.333. The van der Waals surface area contributed by atoms with Crippen LogP contribution in [0.4, 0.5) is 0 Å². The number of carbonyl (C=O) groups is 2. The lowest BCUT2D eigenvalue weighted by molar-refractivity contribution is -0.135. The Hall–Kier alpha value is -5.52. The maximum Gasteiger partial charge on any atom is 0.224 e. The van der Waals surface area contributed by atoms with Gasteiger partial charge in [0, 0.05) is 12.4 Å². The van der Waals surface area contributed by atoms with Crippen molar-refractivity contribution >= 4 is 11.8 Å². The van der Waals surface area contributed by atoms with E-state index in [0.717, 1.165) is 11.1 Å². The number of ether oxygens (including phenoxy) is 4. The van der Waals surface area contributed by atoms with Crippen LogP contribution in [0.25, 0.3) is 0 Å². The normalized spacial score (nSPS) is 12.0. The smallest absolute Gasteiger partial charge is 0.224 e. The van der Waals surface area contributed by atoms with E-state index >= 15 is 0 Å². The Morgan fingerprint density at radius 3 is 1.25 bits per heavy atom. The van der Waals surface area contributed by atoms with E-state index in [0.29, 0.717) is 22.5 Å². The topological polar surface area (TPSA) is 161 Å². The Balaban J connectivity index is 1.78. The summed E-state index contributed by atoms with van der Waals surface area (Å²) in [7, 11) is 5.66. The van der Waals surface area contributed by atoms with E-state index in [9.17, 15) is 19.8 Å². The van der Waals surface area contributed by atoms with E-state index in [-0.39, 0.29) is 60.4 Å². The molecule has 0 radical (unpaired) electrons. The summed E-state index contributed by atoms with van der Waals surface area (Å²) in [6.45, 7) is 4.15. The van der Waals surface area contributed by atoms with Crippen LogP contribution in [-0.2, 0) is 35.5 Å². The Morgan fingerprint density at radius 1 is 0.625 bits per heavy atom. The van der Waals surface area contributed by atoms with E-state index in [1.807, 2.05) is 38.1 Å². The zero-order valence-corrected chi connectivity index (χ0v) is 28.0. The number of rotatable bonds is 15. The largest absolute Gasteiger partial charge is 0.502 e. The number of methoxy groups -OCH3 is 4. The summed E-state index contributed by atoms with van der Waals surface area (Å²) in [5.74, 6) is -2.39. The standard InChI is InChI=1S/C36H42N4O8/c1-21-7-9-37-25(11-21)19-39-35(43)27(13-23-15-29(45-3)33(41)30(16-23)46-4)28(36(44)40-20-26-12-22(2)8-10-38-26)14-24-17-31(47-5)34(42)32(18-24)48-6/h7-12,15-18,27-28,41-42H,13-14,19-20H2,1-6H3,(H,39,43)(H,40,44)/t27-,28+. The number of amides is 2. The van der Waals surface area contributed by atoms with Gasteiger partial charge in [-0.05, 0) is 97.5 Å². The number of aryl methyl sites for hydroxylation is 2. The summed E-state index contributed by atoms with van der Waals surface area (Å²) in [6, 6.07) is 13.9. The molecule has 2 amide bonds. The van der Waals surface area contributed by atoms with Crippen molar-refractivity contribution in [1.29, 1.82) is 0 Å². The van der Waals surface area contributed by atoms with Crippen LogP contribution in [0.1, 0.15) is 33.6 Å². The van der Waals surface area contributed by atoms with Gasteiger partial charge in [-0.25, -0.2) is 0 Å². The average Bonchev–Trinajstić information content (AvgIpc) is 3.08. The van der Waals surface area contributed by atoms with Crippen molar-refractivity contribution in [2.75, 3.05) is 28.4 Å². The number of phenolic OH excluding ortho intramolecular Hbond substituents is 2. The first-order chi connectivity index (χ1) is 23.1. The molecule has 0 saturated carbocycles. The fourth-order valence-electron chi connectivity index (χ4n) is 5.48. The number of nitrogens with one attached hydrogen (secondary N) is 2. The third kappa shape index (κ3) is 8.84. The van der Waals surface area contributed by atoms with Crippen LogP contribution < -0.4 is 29.6 Å². The van der Waals surface area contributed by atoms with E-state index in [4.69, 9.17) is 18.9 Å². The molecule has 254 valence electrons. The van der Waals surface area contributed by atoms with Gasteiger partial charge in [-0.15, -0.1) is 0 Å². The lowest BCUT2D eigenvalue weighted by Crippen LogP contribution is -2.44. The Labute approximate surface area is 280 Å². The highest BCUT2D eigenvalue weighted by atomic mass is 16.5. The molecule has 4 aromatic rings. The van der Waals surface area contributed by atoms with Gasteiger partial charge in [-0.2, -0.15) is 0 Å². The second kappa shape index (κ2) is 16.3. The van der Waals surface area contributed by atoms with Gasteiger partial charge in [0.2, 0.25) is 23.3 Å². The molecule has 2 aromatic carbocycles. The second-order valence-electron chi connectivity index (χ2n) is 11.4. The molecule has 4 N–H and O–H groups in total. The van der Waals surface area contributed by atoms with Crippen molar-refractivity contribution in [2.24, 2.45) is 11.8 Å². The molecule has 0 aliphatic carbocycles. The Kier molecular flexibility index (Phi) is 12.0. The molecule has 0 bridgehead atoms. The van der Waals surface area contributed by atoms with Gasteiger partial charge in [0.1, 0.15) is 0 Å². The van der Waals surface area contributed by atoms with Crippen LogP contribution in [0.2, 0.25) is 0 Å². The third-order valence-corrected chi connectivity index (χ3v) is 7.98. The van der Waals surface area contributed by atoms with E-state index < -0.39 is 23.7 Å². The number of aromatic nitrogens is 2. The van der Waals surface area contributed by atoms with Gasteiger partial charge < -0.3 is 39.8 Å². The third-order valence-electron chi connectivity index (χ3n) is 7.98. The molecule has 12 heteroatoms. The highest BCUT2D eigenvalue weighted by Gasteiger charge is 2.35. The van der Waals surface area contributed by atoms with Crippen LogP contribution >= 0.6 is 0 Å². The highest BCUT2D eigenvalue weighted by Crippen LogP contribution is 2.40. The minimum Gasteiger partial charge on any atom is -0.502 e. The molecule has 0 saturated heterocycles. The van der Waals surface area contributed by atoms with Gasteiger partial charge in [-0.1, -0.05) is 0 Å². The minimum absolute atomic E-state index is 0.0766. The molecular weight excluding hydrogens is 616 g/mol. The zero-order chi connectivity index (χ0) is 34.8. The lowest BCUT2D eigenvalue weighted by atomic mass is 9.81. The van der Waals surface area contributed by atoms with Crippen LogP contribution in [-0.4, -0.2) is 60.4 Å². The molecule has 48 heavy (non-hydrogen) atoms. The predicted octanol–water partition coefficient (Wildman–Crippen LogP) is 4.19. The van der Waals surface area contributed by atoms with Gasteiger partial charge in [0.15, 0.2) is 23.0 Å². The van der Waals surface area contributed by atoms with Crippen molar-refractivity contribution in [3.63, 3.8) is 0 Å². The van der Waals surface area contributed by atoms with E-state index in [2.05, 4.69) is 20.6 Å². The number of phenols is 2. The number of benzene rings is 2.